The van der Waals surface area contributed by atoms with E-state index in [4.69, 9.17) is 4.84 Å². The highest BCUT2D eigenvalue weighted by atomic mass is 32.1. The second-order valence-electron chi connectivity index (χ2n) is 5.00. The van der Waals surface area contributed by atoms with Crippen LogP contribution in [0.2, 0.25) is 0 Å². The van der Waals surface area contributed by atoms with E-state index in [1.54, 1.807) is 41.7 Å². The number of nitrogens with zero attached hydrogens (tertiary/aromatic N) is 1. The molecule has 2 amide bonds. The van der Waals surface area contributed by atoms with Crippen LogP contribution in [0.25, 0.3) is 10.1 Å². The molecule has 0 N–H and O–H groups in total. The zero-order valence-corrected chi connectivity index (χ0v) is 12.5. The summed E-state index contributed by atoms with van der Waals surface area (Å²) in [4.78, 5) is 41.6. The van der Waals surface area contributed by atoms with Gasteiger partial charge in [-0.25, -0.2) is 4.79 Å². The third-order valence-electron chi connectivity index (χ3n) is 3.62. The Kier molecular flexibility index (Phi) is 2.99. The van der Waals surface area contributed by atoms with Gasteiger partial charge in [0.2, 0.25) is 0 Å². The average Bonchev–Trinajstić information content (AvgIpc) is 3.13. The monoisotopic (exact) mass is 323 g/mol. The van der Waals surface area contributed by atoms with Gasteiger partial charge < -0.3 is 4.84 Å². The Labute approximate surface area is 134 Å². The fourth-order valence-electron chi connectivity index (χ4n) is 2.48. The number of fused-ring (bicyclic) bond motifs is 2. The lowest BCUT2D eigenvalue weighted by molar-refractivity contribution is -0.0584. The molecule has 0 bridgehead atoms. The molecule has 2 aromatic carbocycles. The molecule has 3 aromatic rings. The number of amides is 2. The molecule has 2 heterocycles. The number of thiophene rings is 1. The van der Waals surface area contributed by atoms with E-state index >= 15 is 0 Å². The quantitative estimate of drug-likeness (QED) is 0.679. The van der Waals surface area contributed by atoms with Crippen LogP contribution < -0.4 is 0 Å². The molecule has 1 aliphatic rings. The van der Waals surface area contributed by atoms with Gasteiger partial charge in [0.25, 0.3) is 11.8 Å². The summed E-state index contributed by atoms with van der Waals surface area (Å²) in [5.41, 5.74) is 0.754. The molecule has 1 aliphatic heterocycles. The summed E-state index contributed by atoms with van der Waals surface area (Å²) in [5, 5.41) is 3.35. The van der Waals surface area contributed by atoms with Crippen molar-refractivity contribution in [2.24, 2.45) is 0 Å². The minimum atomic E-state index is -0.743. The summed E-state index contributed by atoms with van der Waals surface area (Å²) in [5.74, 6) is -2.00. The summed E-state index contributed by atoms with van der Waals surface area (Å²) in [6.07, 6.45) is 0. The van der Waals surface area contributed by atoms with Gasteiger partial charge in [-0.3, -0.25) is 9.59 Å². The number of hydroxylamine groups is 2. The molecule has 0 saturated carbocycles. The van der Waals surface area contributed by atoms with E-state index in [2.05, 4.69) is 0 Å². The molecule has 112 valence electrons. The maximum absolute atomic E-state index is 12.2. The van der Waals surface area contributed by atoms with E-state index in [1.807, 2.05) is 11.4 Å². The van der Waals surface area contributed by atoms with Crippen molar-refractivity contribution >= 4 is 39.2 Å². The van der Waals surface area contributed by atoms with E-state index in [0.29, 0.717) is 5.06 Å². The van der Waals surface area contributed by atoms with Crippen molar-refractivity contribution in [1.82, 2.24) is 5.06 Å². The molecule has 0 unspecified atom stereocenters. The van der Waals surface area contributed by atoms with Gasteiger partial charge in [-0.15, -0.1) is 11.3 Å². The smallest absolute Gasteiger partial charge is 0.324 e. The molecule has 23 heavy (non-hydrogen) atoms. The first-order valence-electron chi connectivity index (χ1n) is 6.82. The van der Waals surface area contributed by atoms with Crippen LogP contribution in [0.5, 0.6) is 0 Å². The number of rotatable bonds is 2. The molecule has 0 saturated heterocycles. The van der Waals surface area contributed by atoms with Crippen molar-refractivity contribution in [3.05, 3.63) is 70.6 Å². The molecule has 5 nitrogen and oxygen atoms in total. The molecular weight excluding hydrogens is 314 g/mol. The summed E-state index contributed by atoms with van der Waals surface area (Å²) in [7, 11) is 0. The van der Waals surface area contributed by atoms with Gasteiger partial charge >= 0.3 is 5.97 Å². The highest BCUT2D eigenvalue weighted by molar-refractivity contribution is 7.17. The van der Waals surface area contributed by atoms with Crippen LogP contribution in [0.1, 0.15) is 31.1 Å². The number of hydrogen-bond acceptors (Lipinski definition) is 5. The lowest BCUT2D eigenvalue weighted by Gasteiger charge is -2.12. The van der Waals surface area contributed by atoms with Crippen LogP contribution in [0.4, 0.5) is 0 Å². The van der Waals surface area contributed by atoms with Gasteiger partial charge in [0, 0.05) is 4.70 Å². The molecular formula is C17H9NO4S. The standard InChI is InChI=1S/C17H9NO4S/c19-15-12-3-1-2-4-13(12)16(20)18(15)22-17(21)11-5-6-14-10(9-11)7-8-23-14/h1-9H. The minimum absolute atomic E-state index is 0.235. The lowest BCUT2D eigenvalue weighted by atomic mass is 10.1. The molecule has 6 heteroatoms. The Morgan fingerprint density at radius 2 is 1.65 bits per heavy atom. The number of carbonyl (C=O) groups is 3. The number of carbonyl (C=O) groups excluding carboxylic acids is 3. The summed E-state index contributed by atoms with van der Waals surface area (Å²) in [6, 6.07) is 13.3. The van der Waals surface area contributed by atoms with Crippen molar-refractivity contribution in [2.75, 3.05) is 0 Å². The number of benzene rings is 2. The minimum Gasteiger partial charge on any atom is -0.324 e. The maximum atomic E-state index is 12.2. The van der Waals surface area contributed by atoms with Crippen LogP contribution in [0.15, 0.2) is 53.9 Å². The Morgan fingerprint density at radius 3 is 2.35 bits per heavy atom. The summed E-state index contributed by atoms with van der Waals surface area (Å²) >= 11 is 1.56. The van der Waals surface area contributed by atoms with Crippen molar-refractivity contribution < 1.29 is 19.2 Å². The molecule has 0 aliphatic carbocycles. The van der Waals surface area contributed by atoms with Crippen molar-refractivity contribution in [1.29, 1.82) is 0 Å². The van der Waals surface area contributed by atoms with E-state index in [0.717, 1.165) is 10.1 Å². The number of hydrogen-bond donors (Lipinski definition) is 0. The second-order valence-corrected chi connectivity index (χ2v) is 5.95. The van der Waals surface area contributed by atoms with E-state index in [9.17, 15) is 14.4 Å². The Morgan fingerprint density at radius 1 is 0.957 bits per heavy atom. The third kappa shape index (κ3) is 2.11. The average molecular weight is 323 g/mol. The molecule has 4 rings (SSSR count). The van der Waals surface area contributed by atoms with Crippen molar-refractivity contribution in [3.8, 4) is 0 Å². The Bertz CT molecular complexity index is 940. The lowest BCUT2D eigenvalue weighted by Crippen LogP contribution is -2.32. The second kappa shape index (κ2) is 5.03. The first-order valence-corrected chi connectivity index (χ1v) is 7.70. The topological polar surface area (TPSA) is 63.7 Å². The summed E-state index contributed by atoms with van der Waals surface area (Å²) < 4.78 is 1.04. The molecule has 1 aromatic heterocycles. The van der Waals surface area contributed by atoms with Gasteiger partial charge in [0.1, 0.15) is 0 Å². The maximum Gasteiger partial charge on any atom is 0.363 e. The Balaban J connectivity index is 1.62. The molecule has 0 fully saturated rings. The highest BCUT2D eigenvalue weighted by Gasteiger charge is 2.38. The fourth-order valence-corrected chi connectivity index (χ4v) is 3.25. The molecule has 0 radical (unpaired) electrons. The fraction of sp³-hybridized carbons (Fsp3) is 0. The largest absolute Gasteiger partial charge is 0.363 e. The van der Waals surface area contributed by atoms with Gasteiger partial charge in [0.15, 0.2) is 0 Å². The van der Waals surface area contributed by atoms with E-state index in [-0.39, 0.29) is 16.7 Å². The van der Waals surface area contributed by atoms with Gasteiger partial charge in [-0.2, -0.15) is 0 Å². The van der Waals surface area contributed by atoms with Gasteiger partial charge in [-0.05, 0) is 47.2 Å². The van der Waals surface area contributed by atoms with Crippen molar-refractivity contribution in [2.45, 2.75) is 0 Å². The predicted octanol–water partition coefficient (Wildman–Crippen LogP) is 3.27. The van der Waals surface area contributed by atoms with Gasteiger partial charge in [0.05, 0.1) is 16.7 Å². The van der Waals surface area contributed by atoms with Crippen LogP contribution in [0, 0.1) is 0 Å². The summed E-state index contributed by atoms with van der Waals surface area (Å²) in [6.45, 7) is 0. The van der Waals surface area contributed by atoms with Crippen LogP contribution in [-0.4, -0.2) is 22.8 Å². The highest BCUT2D eigenvalue weighted by Crippen LogP contribution is 2.25. The third-order valence-corrected chi connectivity index (χ3v) is 4.52. The zero-order valence-electron chi connectivity index (χ0n) is 11.7. The Hall–Kier alpha value is -2.99. The van der Waals surface area contributed by atoms with Crippen molar-refractivity contribution in [3.63, 3.8) is 0 Å². The first-order chi connectivity index (χ1) is 11.1. The van der Waals surface area contributed by atoms with Crippen LogP contribution >= 0.6 is 11.3 Å². The SMILES string of the molecule is O=C(ON1C(=O)c2ccccc2C1=O)c1ccc2sccc2c1. The zero-order chi connectivity index (χ0) is 16.0. The predicted molar refractivity (Wildman–Crippen MR) is 84.2 cm³/mol. The number of imide groups is 1. The molecule has 0 spiro atoms. The van der Waals surface area contributed by atoms with Crippen LogP contribution in [0.3, 0.4) is 0 Å². The molecule has 0 atom stereocenters. The van der Waals surface area contributed by atoms with E-state index in [1.165, 1.54) is 12.1 Å². The first kappa shape index (κ1) is 13.7. The normalized spacial score (nSPS) is 13.5. The van der Waals surface area contributed by atoms with Crippen LogP contribution in [-0.2, 0) is 4.84 Å². The van der Waals surface area contributed by atoms with Gasteiger partial charge in [-0.1, -0.05) is 17.2 Å². The van der Waals surface area contributed by atoms with E-state index < -0.39 is 17.8 Å².